The third kappa shape index (κ3) is 5.70. The summed E-state index contributed by atoms with van der Waals surface area (Å²) in [5, 5.41) is 17.1. The van der Waals surface area contributed by atoms with Gasteiger partial charge in [-0.15, -0.1) is 0 Å². The smallest absolute Gasteiger partial charge is 0.290 e. The summed E-state index contributed by atoms with van der Waals surface area (Å²) in [5.74, 6) is 0.214. The number of hydrogen-bond acceptors (Lipinski definition) is 5. The molecule has 2 rings (SSSR count). The molecular formula is C15H30N2O5S. The minimum atomic E-state index is -3.08. The highest BCUT2D eigenvalue weighted by Gasteiger charge is 2.44. The van der Waals surface area contributed by atoms with Crippen LogP contribution in [0.2, 0.25) is 0 Å². The predicted molar refractivity (Wildman–Crippen MR) is 88.7 cm³/mol. The molecule has 1 aliphatic carbocycles. The monoisotopic (exact) mass is 350 g/mol. The molecule has 0 bridgehead atoms. The normalized spacial score (nSPS) is 28.6. The van der Waals surface area contributed by atoms with Crippen molar-refractivity contribution in [1.82, 2.24) is 9.21 Å². The summed E-state index contributed by atoms with van der Waals surface area (Å²) in [7, 11) is 0.0869. The Morgan fingerprint density at radius 1 is 1.30 bits per heavy atom. The molecule has 0 aromatic rings. The van der Waals surface area contributed by atoms with Crippen LogP contribution in [0.4, 0.5) is 0 Å². The second kappa shape index (κ2) is 8.96. The van der Waals surface area contributed by atoms with Crippen LogP contribution in [-0.4, -0.2) is 79.9 Å². The summed E-state index contributed by atoms with van der Waals surface area (Å²) in [4.78, 5) is 10.7. The van der Waals surface area contributed by atoms with Gasteiger partial charge in [0.2, 0.25) is 10.0 Å². The minimum absolute atomic E-state index is 0.0959. The highest BCUT2D eigenvalue weighted by molar-refractivity contribution is 7.89. The Labute approximate surface area is 139 Å². The lowest BCUT2D eigenvalue weighted by Crippen LogP contribution is -2.47. The first-order chi connectivity index (χ1) is 10.8. The third-order valence-electron chi connectivity index (χ3n) is 4.98. The summed E-state index contributed by atoms with van der Waals surface area (Å²) in [6.07, 6.45) is 5.95. The van der Waals surface area contributed by atoms with Crippen LogP contribution in [0.25, 0.3) is 0 Å². The van der Waals surface area contributed by atoms with Gasteiger partial charge < -0.3 is 15.1 Å². The SMILES string of the molecule is CN(C)S(=O)(=O)CCCN1CCC[C@]2(CCC[C@H]2O)C1.O=CO. The van der Waals surface area contributed by atoms with Gasteiger partial charge in [-0.1, -0.05) is 6.42 Å². The number of carboxylic acid groups (broad SMARTS) is 1. The van der Waals surface area contributed by atoms with Crippen LogP contribution in [0.3, 0.4) is 0 Å². The average molecular weight is 350 g/mol. The second-order valence-electron chi connectivity index (χ2n) is 6.71. The van der Waals surface area contributed by atoms with Crippen molar-refractivity contribution in [2.75, 3.05) is 39.5 Å². The Kier molecular flexibility index (Phi) is 7.93. The zero-order chi connectivity index (χ0) is 17.5. The maximum Gasteiger partial charge on any atom is 0.290 e. The van der Waals surface area contributed by atoms with E-state index in [0.29, 0.717) is 6.42 Å². The van der Waals surface area contributed by atoms with E-state index in [1.54, 1.807) is 14.1 Å². The van der Waals surface area contributed by atoms with Crippen LogP contribution in [0.1, 0.15) is 38.5 Å². The maximum atomic E-state index is 11.7. The number of carbonyl (C=O) groups is 1. The van der Waals surface area contributed by atoms with E-state index in [9.17, 15) is 13.5 Å². The average Bonchev–Trinajstić information content (AvgIpc) is 2.80. The van der Waals surface area contributed by atoms with Gasteiger partial charge in [-0.3, -0.25) is 4.79 Å². The van der Waals surface area contributed by atoms with E-state index in [-0.39, 0.29) is 23.7 Å². The standard InChI is InChI=1S/C14H28N2O3S.CH2O2/c1-15(2)20(18,19)11-5-10-16-9-4-8-14(12-16)7-3-6-13(14)17;2-1-3/h13,17H,3-12H2,1-2H3;1H,(H,2,3)/t13-,14-;/m1./s1. The van der Waals surface area contributed by atoms with Gasteiger partial charge in [0.05, 0.1) is 11.9 Å². The van der Waals surface area contributed by atoms with Gasteiger partial charge in [0.1, 0.15) is 0 Å². The molecule has 0 radical (unpaired) electrons. The van der Waals surface area contributed by atoms with E-state index >= 15 is 0 Å². The molecular weight excluding hydrogens is 320 g/mol. The molecule has 1 heterocycles. The third-order valence-corrected chi connectivity index (χ3v) is 6.90. The maximum absolute atomic E-state index is 11.7. The lowest BCUT2D eigenvalue weighted by Gasteiger charge is -2.42. The van der Waals surface area contributed by atoms with Crippen molar-refractivity contribution in [3.63, 3.8) is 0 Å². The van der Waals surface area contributed by atoms with Gasteiger partial charge in [0.25, 0.3) is 6.47 Å². The van der Waals surface area contributed by atoms with Gasteiger partial charge in [0, 0.05) is 26.1 Å². The summed E-state index contributed by atoms with van der Waals surface area (Å²) >= 11 is 0. The Hall–Kier alpha value is -0.700. The van der Waals surface area contributed by atoms with Crippen molar-refractivity contribution in [1.29, 1.82) is 0 Å². The second-order valence-corrected chi connectivity index (χ2v) is 9.01. The molecule has 23 heavy (non-hydrogen) atoms. The van der Waals surface area contributed by atoms with Crippen LogP contribution < -0.4 is 0 Å². The van der Waals surface area contributed by atoms with Gasteiger partial charge in [-0.05, 0) is 45.2 Å². The predicted octanol–water partition coefficient (Wildman–Crippen LogP) is 0.596. The van der Waals surface area contributed by atoms with Gasteiger partial charge in [-0.25, -0.2) is 12.7 Å². The zero-order valence-corrected chi connectivity index (χ0v) is 15.0. The molecule has 0 aromatic carbocycles. The van der Waals surface area contributed by atoms with E-state index in [4.69, 9.17) is 9.90 Å². The van der Waals surface area contributed by atoms with Gasteiger partial charge >= 0.3 is 0 Å². The Morgan fingerprint density at radius 2 is 1.91 bits per heavy atom. The summed E-state index contributed by atoms with van der Waals surface area (Å²) in [6.45, 7) is 2.55. The van der Waals surface area contributed by atoms with E-state index in [1.165, 1.54) is 4.31 Å². The Morgan fingerprint density at radius 3 is 2.43 bits per heavy atom. The van der Waals surface area contributed by atoms with Crippen molar-refractivity contribution >= 4 is 16.5 Å². The highest BCUT2D eigenvalue weighted by atomic mass is 32.2. The molecule has 0 unspecified atom stereocenters. The molecule has 136 valence electrons. The number of nitrogens with zero attached hydrogens (tertiary/aromatic N) is 2. The lowest BCUT2D eigenvalue weighted by molar-refractivity contribution is -0.122. The zero-order valence-electron chi connectivity index (χ0n) is 14.1. The molecule has 0 amide bonds. The fourth-order valence-electron chi connectivity index (χ4n) is 3.70. The molecule has 1 saturated heterocycles. The first-order valence-corrected chi connectivity index (χ1v) is 9.77. The van der Waals surface area contributed by atoms with Crippen molar-refractivity contribution in [3.8, 4) is 0 Å². The van der Waals surface area contributed by atoms with E-state index in [2.05, 4.69) is 4.90 Å². The molecule has 1 spiro atoms. The fourth-order valence-corrected chi connectivity index (χ4v) is 4.56. The van der Waals surface area contributed by atoms with E-state index in [0.717, 1.165) is 51.7 Å². The lowest BCUT2D eigenvalue weighted by atomic mass is 9.76. The number of aliphatic hydroxyl groups excluding tert-OH is 1. The van der Waals surface area contributed by atoms with E-state index in [1.807, 2.05) is 0 Å². The topological polar surface area (TPSA) is 98.2 Å². The van der Waals surface area contributed by atoms with Crippen molar-refractivity contribution < 1.29 is 23.4 Å². The Balaban J connectivity index is 0.000000816. The van der Waals surface area contributed by atoms with Crippen LogP contribution in [0.5, 0.6) is 0 Å². The van der Waals surface area contributed by atoms with Crippen LogP contribution in [-0.2, 0) is 14.8 Å². The molecule has 0 aromatic heterocycles. The molecule has 7 nitrogen and oxygen atoms in total. The first-order valence-electron chi connectivity index (χ1n) is 8.16. The van der Waals surface area contributed by atoms with Crippen molar-refractivity contribution in [3.05, 3.63) is 0 Å². The number of likely N-dealkylation sites (tertiary alicyclic amines) is 1. The van der Waals surface area contributed by atoms with E-state index < -0.39 is 10.0 Å². The number of piperidine rings is 1. The van der Waals surface area contributed by atoms with Crippen LogP contribution in [0.15, 0.2) is 0 Å². The van der Waals surface area contributed by atoms with Crippen LogP contribution in [0, 0.1) is 5.41 Å². The Bertz CT molecular complexity index is 468. The molecule has 2 aliphatic rings. The van der Waals surface area contributed by atoms with Crippen molar-refractivity contribution in [2.24, 2.45) is 5.41 Å². The first kappa shape index (κ1) is 20.3. The van der Waals surface area contributed by atoms with Gasteiger partial charge in [0.15, 0.2) is 0 Å². The largest absolute Gasteiger partial charge is 0.483 e. The molecule has 1 saturated carbocycles. The number of hydrogen-bond donors (Lipinski definition) is 2. The quantitative estimate of drug-likeness (QED) is 0.705. The minimum Gasteiger partial charge on any atom is -0.483 e. The summed E-state index contributed by atoms with van der Waals surface area (Å²) in [5.41, 5.74) is 0.0959. The summed E-state index contributed by atoms with van der Waals surface area (Å²) in [6, 6.07) is 0. The number of aliphatic hydroxyl groups is 1. The fraction of sp³-hybridized carbons (Fsp3) is 0.933. The summed E-state index contributed by atoms with van der Waals surface area (Å²) < 4.78 is 24.8. The highest BCUT2D eigenvalue weighted by Crippen LogP contribution is 2.44. The number of rotatable bonds is 5. The number of sulfonamides is 1. The molecule has 2 N–H and O–H groups in total. The molecule has 1 aliphatic heterocycles. The van der Waals surface area contributed by atoms with Crippen LogP contribution >= 0.6 is 0 Å². The van der Waals surface area contributed by atoms with Gasteiger partial charge in [-0.2, -0.15) is 0 Å². The molecule has 8 heteroatoms. The molecule has 2 fully saturated rings. The van der Waals surface area contributed by atoms with Crippen molar-refractivity contribution in [2.45, 2.75) is 44.6 Å². The molecule has 2 atom stereocenters.